The molecule has 1 aliphatic heterocycles. The van der Waals surface area contributed by atoms with E-state index in [1.807, 2.05) is 79.0 Å². The van der Waals surface area contributed by atoms with Crippen molar-refractivity contribution in [3.8, 4) is 0 Å². The Balaban J connectivity index is 1.63. The number of aromatic amines is 1. The standard InChI is InChI=1S/C29H23N3O3S/c1-3-35-28(34)25-17(2)31-29-32(26(25)22-13-8-10-18-9-4-5-11-20(18)22)27(33)24(36-29)15-19-16-30-23-14-7-6-12-21(19)23/h4-16,26,30H,3H2,1-2H3/t26-/m1/s1. The molecule has 5 aromatic rings. The van der Waals surface area contributed by atoms with E-state index in [0.29, 0.717) is 20.6 Å². The minimum atomic E-state index is -0.642. The molecule has 0 amide bonds. The number of rotatable bonds is 4. The summed E-state index contributed by atoms with van der Waals surface area (Å²) in [7, 11) is 0. The molecule has 1 N–H and O–H groups in total. The van der Waals surface area contributed by atoms with E-state index in [-0.39, 0.29) is 12.2 Å². The Hall–Kier alpha value is -4.23. The fourth-order valence-electron chi connectivity index (χ4n) is 4.93. The molecule has 2 aromatic heterocycles. The highest BCUT2D eigenvalue weighted by atomic mass is 32.1. The molecule has 0 bridgehead atoms. The molecule has 6 nitrogen and oxygen atoms in total. The van der Waals surface area contributed by atoms with Crippen molar-refractivity contribution in [2.24, 2.45) is 4.99 Å². The monoisotopic (exact) mass is 493 g/mol. The molecule has 178 valence electrons. The van der Waals surface area contributed by atoms with Gasteiger partial charge < -0.3 is 9.72 Å². The fraction of sp³-hybridized carbons (Fsp3) is 0.138. The lowest BCUT2D eigenvalue weighted by atomic mass is 9.91. The molecule has 3 aromatic carbocycles. The van der Waals surface area contributed by atoms with Crippen molar-refractivity contribution < 1.29 is 9.53 Å². The van der Waals surface area contributed by atoms with Gasteiger partial charge in [-0.05, 0) is 42.3 Å². The number of H-pyrrole nitrogens is 1. The minimum Gasteiger partial charge on any atom is -0.463 e. The number of hydrogen-bond donors (Lipinski definition) is 1. The molecule has 0 unspecified atom stereocenters. The van der Waals surface area contributed by atoms with Crippen LogP contribution < -0.4 is 14.9 Å². The number of thiazole rings is 1. The Bertz CT molecular complexity index is 1870. The van der Waals surface area contributed by atoms with Crippen molar-refractivity contribution in [1.82, 2.24) is 9.55 Å². The molecule has 36 heavy (non-hydrogen) atoms. The summed E-state index contributed by atoms with van der Waals surface area (Å²) in [6, 6.07) is 21.3. The first-order chi connectivity index (χ1) is 17.6. The second-order valence-corrected chi connectivity index (χ2v) is 9.67. The zero-order chi connectivity index (χ0) is 24.8. The summed E-state index contributed by atoms with van der Waals surface area (Å²) >= 11 is 1.33. The predicted octanol–water partition coefficient (Wildman–Crippen LogP) is 4.43. The molecule has 0 saturated carbocycles. The number of benzene rings is 3. The minimum absolute atomic E-state index is 0.184. The van der Waals surface area contributed by atoms with Crippen LogP contribution in [0, 0.1) is 0 Å². The van der Waals surface area contributed by atoms with E-state index in [2.05, 4.69) is 4.98 Å². The lowest BCUT2D eigenvalue weighted by Gasteiger charge is -2.25. The number of nitrogens with one attached hydrogen (secondary N) is 1. The Morgan fingerprint density at radius 1 is 1.08 bits per heavy atom. The number of ether oxygens (including phenoxy) is 1. The number of fused-ring (bicyclic) bond motifs is 3. The van der Waals surface area contributed by atoms with Gasteiger partial charge in [0, 0.05) is 22.7 Å². The molecule has 1 aliphatic rings. The van der Waals surface area contributed by atoms with Gasteiger partial charge in [-0.2, -0.15) is 0 Å². The van der Waals surface area contributed by atoms with Crippen molar-refractivity contribution in [3.63, 3.8) is 0 Å². The first-order valence-electron chi connectivity index (χ1n) is 11.8. The average Bonchev–Trinajstić information content (AvgIpc) is 3.43. The van der Waals surface area contributed by atoms with Crippen LogP contribution >= 0.6 is 11.3 Å². The first-order valence-corrected chi connectivity index (χ1v) is 12.6. The zero-order valence-corrected chi connectivity index (χ0v) is 20.6. The largest absolute Gasteiger partial charge is 0.463 e. The molecule has 3 heterocycles. The van der Waals surface area contributed by atoms with Crippen LogP contribution in [0.15, 0.2) is 94.0 Å². The summed E-state index contributed by atoms with van der Waals surface area (Å²) in [5.41, 5.74) is 3.57. The molecule has 0 radical (unpaired) electrons. The van der Waals surface area contributed by atoms with Crippen molar-refractivity contribution in [1.29, 1.82) is 0 Å². The van der Waals surface area contributed by atoms with Crippen LogP contribution in [-0.4, -0.2) is 22.1 Å². The van der Waals surface area contributed by atoms with Gasteiger partial charge in [-0.1, -0.05) is 72.0 Å². The van der Waals surface area contributed by atoms with Crippen LogP contribution in [0.4, 0.5) is 0 Å². The number of carbonyl (C=O) groups is 1. The topological polar surface area (TPSA) is 76.4 Å². The maximum atomic E-state index is 13.9. The number of esters is 1. The van der Waals surface area contributed by atoms with Crippen LogP contribution in [-0.2, 0) is 9.53 Å². The molecular weight excluding hydrogens is 470 g/mol. The molecule has 0 saturated heterocycles. The number of hydrogen-bond acceptors (Lipinski definition) is 5. The summed E-state index contributed by atoms with van der Waals surface area (Å²) in [5.74, 6) is -0.456. The van der Waals surface area contributed by atoms with Gasteiger partial charge in [-0.25, -0.2) is 9.79 Å². The number of aromatic nitrogens is 2. The van der Waals surface area contributed by atoms with Crippen molar-refractivity contribution >= 4 is 45.1 Å². The molecule has 1 atom stereocenters. The summed E-state index contributed by atoms with van der Waals surface area (Å²) in [5, 5.41) is 3.05. The summed E-state index contributed by atoms with van der Waals surface area (Å²) < 4.78 is 7.63. The quantitative estimate of drug-likeness (QED) is 0.376. The molecule has 0 spiro atoms. The van der Waals surface area contributed by atoms with E-state index in [0.717, 1.165) is 32.8 Å². The fourth-order valence-corrected chi connectivity index (χ4v) is 5.97. The Morgan fingerprint density at radius 3 is 2.67 bits per heavy atom. The van der Waals surface area contributed by atoms with E-state index >= 15 is 0 Å². The summed E-state index contributed by atoms with van der Waals surface area (Å²) in [6.07, 6.45) is 3.80. The third-order valence-corrected chi connectivity index (χ3v) is 7.53. The maximum absolute atomic E-state index is 13.9. The molecular formula is C29H23N3O3S. The van der Waals surface area contributed by atoms with Gasteiger partial charge in [0.15, 0.2) is 4.80 Å². The molecule has 0 aliphatic carbocycles. The smallest absolute Gasteiger partial charge is 0.338 e. The Kier molecular flexibility index (Phi) is 5.42. The number of carbonyl (C=O) groups excluding carboxylic acids is 1. The van der Waals surface area contributed by atoms with Gasteiger partial charge in [-0.3, -0.25) is 9.36 Å². The second kappa shape index (κ2) is 8.77. The summed E-state index contributed by atoms with van der Waals surface area (Å²) in [4.78, 5) is 35.6. The number of nitrogens with zero attached hydrogens (tertiary/aromatic N) is 2. The van der Waals surface area contributed by atoms with Crippen LogP contribution in [0.25, 0.3) is 27.8 Å². The van der Waals surface area contributed by atoms with E-state index in [4.69, 9.17) is 9.73 Å². The van der Waals surface area contributed by atoms with Crippen molar-refractivity contribution in [2.45, 2.75) is 19.9 Å². The summed E-state index contributed by atoms with van der Waals surface area (Å²) in [6.45, 7) is 3.82. The third-order valence-electron chi connectivity index (χ3n) is 6.54. The van der Waals surface area contributed by atoms with Crippen molar-refractivity contribution in [3.05, 3.63) is 115 Å². The lowest BCUT2D eigenvalue weighted by molar-refractivity contribution is -0.139. The molecule has 7 heteroatoms. The highest BCUT2D eigenvalue weighted by Crippen LogP contribution is 2.34. The average molecular weight is 494 g/mol. The van der Waals surface area contributed by atoms with Gasteiger partial charge >= 0.3 is 5.97 Å². The number of allylic oxidation sites excluding steroid dienone is 1. The Morgan fingerprint density at radius 2 is 1.83 bits per heavy atom. The normalized spacial score (nSPS) is 15.8. The second-order valence-electron chi connectivity index (χ2n) is 8.66. The van der Waals surface area contributed by atoms with E-state index < -0.39 is 12.0 Å². The van der Waals surface area contributed by atoms with Gasteiger partial charge in [-0.15, -0.1) is 0 Å². The van der Waals surface area contributed by atoms with Crippen LogP contribution in [0.3, 0.4) is 0 Å². The lowest BCUT2D eigenvalue weighted by Crippen LogP contribution is -2.40. The highest BCUT2D eigenvalue weighted by molar-refractivity contribution is 7.07. The van der Waals surface area contributed by atoms with Crippen LogP contribution in [0.1, 0.15) is 31.0 Å². The molecule has 6 rings (SSSR count). The number of para-hydroxylation sites is 1. The SMILES string of the molecule is CCOC(=O)C1=C(C)N=c2sc(=Cc3c[nH]c4ccccc34)c(=O)n2[C@@H]1c1cccc2ccccc12. The predicted molar refractivity (Wildman–Crippen MR) is 143 cm³/mol. The highest BCUT2D eigenvalue weighted by Gasteiger charge is 2.34. The maximum Gasteiger partial charge on any atom is 0.338 e. The van der Waals surface area contributed by atoms with E-state index in [1.54, 1.807) is 18.4 Å². The first kappa shape index (κ1) is 22.2. The van der Waals surface area contributed by atoms with E-state index in [9.17, 15) is 9.59 Å². The van der Waals surface area contributed by atoms with Gasteiger partial charge in [0.1, 0.15) is 0 Å². The van der Waals surface area contributed by atoms with Crippen molar-refractivity contribution in [2.75, 3.05) is 6.61 Å². The van der Waals surface area contributed by atoms with Gasteiger partial charge in [0.05, 0.1) is 28.5 Å². The van der Waals surface area contributed by atoms with Gasteiger partial charge in [0.25, 0.3) is 5.56 Å². The third kappa shape index (κ3) is 3.51. The van der Waals surface area contributed by atoms with Crippen LogP contribution in [0.2, 0.25) is 0 Å². The molecule has 0 fully saturated rings. The van der Waals surface area contributed by atoms with Crippen LogP contribution in [0.5, 0.6) is 0 Å². The zero-order valence-electron chi connectivity index (χ0n) is 19.8. The van der Waals surface area contributed by atoms with Gasteiger partial charge in [0.2, 0.25) is 0 Å². The van der Waals surface area contributed by atoms with E-state index in [1.165, 1.54) is 11.3 Å². The Labute approximate surface area is 210 Å².